The summed E-state index contributed by atoms with van der Waals surface area (Å²) in [5.74, 6) is 0.359. The molecule has 1 unspecified atom stereocenters. The smallest absolute Gasteiger partial charge is 0.267 e. The minimum atomic E-state index is -0.505. The number of nitrogens with one attached hydrogen (secondary N) is 1. The van der Waals surface area contributed by atoms with Crippen LogP contribution in [0.4, 0.5) is 5.00 Å². The van der Waals surface area contributed by atoms with Gasteiger partial charge in [0.15, 0.2) is 0 Å². The molecule has 0 aliphatic heterocycles. The van der Waals surface area contributed by atoms with Crippen molar-refractivity contribution in [3.63, 3.8) is 0 Å². The second kappa shape index (κ2) is 8.11. The van der Waals surface area contributed by atoms with Gasteiger partial charge in [0.05, 0.1) is 17.7 Å². The van der Waals surface area contributed by atoms with Crippen molar-refractivity contribution in [2.75, 3.05) is 12.4 Å². The number of methoxy groups -OCH3 is 1. The second-order valence-corrected chi connectivity index (χ2v) is 11.5. The molecule has 1 atom stereocenters. The Morgan fingerprint density at radius 1 is 1.26 bits per heavy atom. The Balaban J connectivity index is 1.68. The van der Waals surface area contributed by atoms with Gasteiger partial charge in [0.25, 0.3) is 11.8 Å². The first-order valence-corrected chi connectivity index (χ1v) is 12.1. The molecule has 2 amide bonds. The summed E-state index contributed by atoms with van der Waals surface area (Å²) in [6.07, 6.45) is 2.69. The summed E-state index contributed by atoms with van der Waals surface area (Å²) in [4.78, 5) is 26.9. The highest BCUT2D eigenvalue weighted by Crippen LogP contribution is 2.45. The van der Waals surface area contributed by atoms with Crippen LogP contribution in [0.3, 0.4) is 0 Å². The van der Waals surface area contributed by atoms with Crippen LogP contribution in [0.1, 0.15) is 57.7 Å². The van der Waals surface area contributed by atoms with Gasteiger partial charge < -0.3 is 15.8 Å². The Morgan fingerprint density at radius 3 is 2.65 bits per heavy atom. The van der Waals surface area contributed by atoms with Crippen LogP contribution in [0.2, 0.25) is 5.02 Å². The second-order valence-electron chi connectivity index (χ2n) is 8.94. The molecular formula is C23H25ClN2O3S2. The lowest BCUT2D eigenvalue weighted by Crippen LogP contribution is -2.27. The largest absolute Gasteiger partial charge is 0.497 e. The van der Waals surface area contributed by atoms with Gasteiger partial charge in [0, 0.05) is 15.0 Å². The van der Waals surface area contributed by atoms with Crippen molar-refractivity contribution in [3.05, 3.63) is 44.1 Å². The number of hydrogen-bond donors (Lipinski definition) is 2. The van der Waals surface area contributed by atoms with E-state index in [-0.39, 0.29) is 11.3 Å². The molecule has 1 aliphatic rings. The number of halogens is 1. The molecular weight excluding hydrogens is 452 g/mol. The molecule has 0 saturated heterocycles. The molecule has 5 nitrogen and oxygen atoms in total. The number of nitrogens with two attached hydrogens (primary N) is 1. The third-order valence-electron chi connectivity index (χ3n) is 6.00. The van der Waals surface area contributed by atoms with Gasteiger partial charge in [-0.05, 0) is 54.4 Å². The van der Waals surface area contributed by atoms with Crippen molar-refractivity contribution in [1.82, 2.24) is 0 Å². The molecule has 0 bridgehead atoms. The van der Waals surface area contributed by atoms with E-state index in [1.54, 1.807) is 7.11 Å². The van der Waals surface area contributed by atoms with Crippen molar-refractivity contribution in [1.29, 1.82) is 0 Å². The highest BCUT2D eigenvalue weighted by Gasteiger charge is 2.34. The molecule has 0 fully saturated rings. The first-order chi connectivity index (χ1) is 14.6. The van der Waals surface area contributed by atoms with E-state index in [0.717, 1.165) is 39.8 Å². The Morgan fingerprint density at radius 2 is 2.00 bits per heavy atom. The van der Waals surface area contributed by atoms with Gasteiger partial charge in [0.1, 0.15) is 15.6 Å². The highest BCUT2D eigenvalue weighted by molar-refractivity contribution is 7.22. The Kier molecular flexibility index (Phi) is 5.79. The van der Waals surface area contributed by atoms with E-state index in [1.807, 2.05) is 18.2 Å². The van der Waals surface area contributed by atoms with Crippen LogP contribution in [-0.2, 0) is 12.8 Å². The van der Waals surface area contributed by atoms with Crippen LogP contribution in [0, 0.1) is 11.3 Å². The molecule has 3 N–H and O–H groups in total. The number of carbonyl (C=O) groups is 2. The van der Waals surface area contributed by atoms with E-state index in [9.17, 15) is 9.59 Å². The number of amides is 2. The maximum atomic E-state index is 13.1. The fourth-order valence-electron chi connectivity index (χ4n) is 4.15. The number of benzene rings is 1. The number of carbonyl (C=O) groups excluding carboxylic acids is 2. The fraction of sp³-hybridized carbons (Fsp3) is 0.391. The summed E-state index contributed by atoms with van der Waals surface area (Å²) >= 11 is 9.30. The standard InChI is InChI=1S/C23H25ClN2O3S2/c1-23(2,3)11-5-7-13-16(9-11)31-22(17(13)20(25)27)26-21(28)19-18(24)14-10-12(29-4)6-8-15(14)30-19/h6,8,10-11H,5,7,9H2,1-4H3,(H2,25,27)(H,26,28). The van der Waals surface area contributed by atoms with E-state index < -0.39 is 5.91 Å². The van der Waals surface area contributed by atoms with Gasteiger partial charge in [-0.25, -0.2) is 0 Å². The Bertz CT molecular complexity index is 1190. The number of fused-ring (bicyclic) bond motifs is 2. The van der Waals surface area contributed by atoms with Crippen molar-refractivity contribution in [3.8, 4) is 5.75 Å². The average Bonchev–Trinajstić information content (AvgIpc) is 3.23. The van der Waals surface area contributed by atoms with Crippen LogP contribution in [-0.4, -0.2) is 18.9 Å². The van der Waals surface area contributed by atoms with Gasteiger partial charge in [-0.3, -0.25) is 9.59 Å². The molecule has 31 heavy (non-hydrogen) atoms. The monoisotopic (exact) mass is 476 g/mol. The molecule has 8 heteroatoms. The SMILES string of the molecule is COc1ccc2sc(C(=O)Nc3sc4c(c3C(N)=O)CCC(C(C)(C)C)C4)c(Cl)c2c1. The summed E-state index contributed by atoms with van der Waals surface area (Å²) < 4.78 is 6.15. The molecule has 1 aromatic carbocycles. The van der Waals surface area contributed by atoms with E-state index >= 15 is 0 Å². The highest BCUT2D eigenvalue weighted by atomic mass is 35.5. The summed E-state index contributed by atoms with van der Waals surface area (Å²) in [6, 6.07) is 5.53. The summed E-state index contributed by atoms with van der Waals surface area (Å²) in [5.41, 5.74) is 7.33. The lowest BCUT2D eigenvalue weighted by molar-refractivity contribution is 0.1000. The summed E-state index contributed by atoms with van der Waals surface area (Å²) in [5, 5.41) is 4.59. The Labute approximate surface area is 194 Å². The van der Waals surface area contributed by atoms with Crippen LogP contribution in [0.5, 0.6) is 5.75 Å². The molecule has 164 valence electrons. The van der Waals surface area contributed by atoms with Crippen LogP contribution < -0.4 is 15.8 Å². The first-order valence-electron chi connectivity index (χ1n) is 10.1. The predicted molar refractivity (Wildman–Crippen MR) is 129 cm³/mol. The van der Waals surface area contributed by atoms with E-state index in [1.165, 1.54) is 22.7 Å². The molecule has 0 spiro atoms. The minimum absolute atomic E-state index is 0.184. The maximum Gasteiger partial charge on any atom is 0.267 e. The van der Waals surface area contributed by atoms with Crippen molar-refractivity contribution >= 4 is 61.2 Å². The van der Waals surface area contributed by atoms with Gasteiger partial charge >= 0.3 is 0 Å². The topological polar surface area (TPSA) is 81.4 Å². The quantitative estimate of drug-likeness (QED) is 0.475. The summed E-state index contributed by atoms with van der Waals surface area (Å²) in [6.45, 7) is 6.73. The average molecular weight is 477 g/mol. The normalized spacial score (nSPS) is 16.2. The number of rotatable bonds is 4. The number of thiophene rings is 2. The zero-order valence-corrected chi connectivity index (χ0v) is 20.3. The molecule has 4 rings (SSSR count). The molecule has 3 aromatic rings. The number of anilines is 1. The van der Waals surface area contributed by atoms with Gasteiger partial charge in [-0.1, -0.05) is 32.4 Å². The number of hydrogen-bond acceptors (Lipinski definition) is 5. The minimum Gasteiger partial charge on any atom is -0.497 e. The van der Waals surface area contributed by atoms with E-state index in [2.05, 4.69) is 26.1 Å². The van der Waals surface area contributed by atoms with Gasteiger partial charge in [-0.2, -0.15) is 0 Å². The van der Waals surface area contributed by atoms with Crippen LogP contribution in [0.25, 0.3) is 10.1 Å². The van der Waals surface area contributed by atoms with Crippen molar-refractivity contribution < 1.29 is 14.3 Å². The lowest BCUT2D eigenvalue weighted by Gasteiger charge is -2.33. The number of primary amides is 1. The Hall–Kier alpha value is -2.09. The molecule has 0 saturated carbocycles. The molecule has 0 radical (unpaired) electrons. The molecule has 1 aliphatic carbocycles. The van der Waals surface area contributed by atoms with E-state index in [0.29, 0.717) is 32.1 Å². The zero-order valence-electron chi connectivity index (χ0n) is 17.9. The number of ether oxygens (including phenoxy) is 1. The maximum absolute atomic E-state index is 13.1. The molecule has 2 aromatic heterocycles. The summed E-state index contributed by atoms with van der Waals surface area (Å²) in [7, 11) is 1.59. The van der Waals surface area contributed by atoms with Crippen molar-refractivity contribution in [2.45, 2.75) is 40.0 Å². The third-order valence-corrected chi connectivity index (χ3v) is 8.85. The van der Waals surface area contributed by atoms with Crippen LogP contribution >= 0.6 is 34.3 Å². The predicted octanol–water partition coefficient (Wildman–Crippen LogP) is 6.13. The fourth-order valence-corrected chi connectivity index (χ4v) is 6.87. The van der Waals surface area contributed by atoms with E-state index in [4.69, 9.17) is 22.1 Å². The zero-order chi connectivity index (χ0) is 22.5. The van der Waals surface area contributed by atoms with Crippen LogP contribution in [0.15, 0.2) is 18.2 Å². The molecule has 2 heterocycles. The first kappa shape index (κ1) is 22.1. The lowest BCUT2D eigenvalue weighted by atomic mass is 9.72. The van der Waals surface area contributed by atoms with Gasteiger partial charge in [0.2, 0.25) is 0 Å². The third kappa shape index (κ3) is 4.06. The van der Waals surface area contributed by atoms with Crippen molar-refractivity contribution in [2.24, 2.45) is 17.1 Å². The van der Waals surface area contributed by atoms with Gasteiger partial charge in [-0.15, -0.1) is 22.7 Å².